The van der Waals surface area contributed by atoms with Crippen LogP contribution in [0.5, 0.6) is 11.5 Å². The van der Waals surface area contributed by atoms with Crippen LogP contribution in [0, 0.1) is 5.41 Å². The maximum Gasteiger partial charge on any atom is 0.162 e. The van der Waals surface area contributed by atoms with Crippen LogP contribution in [0.3, 0.4) is 0 Å². The molecule has 1 fully saturated rings. The molecule has 6 nitrogen and oxygen atoms in total. The SMILES string of the molecule is COc1ccc(COCC2(COCc3ccc(OC)cc3)COC(C)(C)OC2)cc1. The fourth-order valence-corrected chi connectivity index (χ4v) is 3.16. The summed E-state index contributed by atoms with van der Waals surface area (Å²) in [5.74, 6) is 1.08. The average Bonchev–Trinajstić information content (AvgIpc) is 2.77. The van der Waals surface area contributed by atoms with E-state index in [-0.39, 0.29) is 5.41 Å². The summed E-state index contributed by atoms with van der Waals surface area (Å²) in [7, 11) is 3.32. The third kappa shape index (κ3) is 6.44. The number of rotatable bonds is 10. The first-order valence-electron chi connectivity index (χ1n) is 10.1. The van der Waals surface area contributed by atoms with Crippen molar-refractivity contribution in [2.75, 3.05) is 40.6 Å². The second kappa shape index (κ2) is 10.3. The summed E-state index contributed by atoms with van der Waals surface area (Å²) in [5.41, 5.74) is 1.82. The highest BCUT2D eigenvalue weighted by Gasteiger charge is 2.41. The maximum absolute atomic E-state index is 6.04. The van der Waals surface area contributed by atoms with Gasteiger partial charge in [-0.1, -0.05) is 24.3 Å². The molecule has 6 heteroatoms. The van der Waals surface area contributed by atoms with Gasteiger partial charge in [-0.15, -0.1) is 0 Å². The molecule has 0 N–H and O–H groups in total. The molecule has 0 saturated carbocycles. The molecule has 0 atom stereocenters. The minimum Gasteiger partial charge on any atom is -0.497 e. The van der Waals surface area contributed by atoms with Gasteiger partial charge in [0, 0.05) is 0 Å². The van der Waals surface area contributed by atoms with E-state index in [1.807, 2.05) is 62.4 Å². The number of methoxy groups -OCH3 is 2. The van der Waals surface area contributed by atoms with Crippen molar-refractivity contribution in [3.05, 3.63) is 59.7 Å². The lowest BCUT2D eigenvalue weighted by atomic mass is 9.91. The van der Waals surface area contributed by atoms with Gasteiger partial charge in [0.05, 0.1) is 59.3 Å². The summed E-state index contributed by atoms with van der Waals surface area (Å²) in [5, 5.41) is 0. The van der Waals surface area contributed by atoms with E-state index in [9.17, 15) is 0 Å². The highest BCUT2D eigenvalue weighted by atomic mass is 16.7. The largest absolute Gasteiger partial charge is 0.497 e. The van der Waals surface area contributed by atoms with Crippen molar-refractivity contribution >= 4 is 0 Å². The maximum atomic E-state index is 6.04. The van der Waals surface area contributed by atoms with Gasteiger partial charge in [-0.2, -0.15) is 0 Å². The van der Waals surface area contributed by atoms with Gasteiger partial charge in [-0.3, -0.25) is 0 Å². The molecule has 3 rings (SSSR count). The molecular formula is C24H32O6. The van der Waals surface area contributed by atoms with Crippen LogP contribution in [0.25, 0.3) is 0 Å². The van der Waals surface area contributed by atoms with Crippen LogP contribution in [0.1, 0.15) is 25.0 Å². The second-order valence-corrected chi connectivity index (χ2v) is 8.16. The third-order valence-electron chi connectivity index (χ3n) is 5.12. The number of ether oxygens (including phenoxy) is 6. The number of benzene rings is 2. The molecule has 0 bridgehead atoms. The van der Waals surface area contributed by atoms with Gasteiger partial charge in [0.15, 0.2) is 5.79 Å². The summed E-state index contributed by atoms with van der Waals surface area (Å²) in [6.45, 7) is 6.87. The van der Waals surface area contributed by atoms with E-state index in [1.54, 1.807) is 14.2 Å². The molecule has 0 spiro atoms. The van der Waals surface area contributed by atoms with Crippen molar-refractivity contribution in [3.63, 3.8) is 0 Å². The summed E-state index contributed by atoms with van der Waals surface area (Å²) in [6.07, 6.45) is 0. The first-order chi connectivity index (χ1) is 14.4. The van der Waals surface area contributed by atoms with Crippen LogP contribution in [-0.4, -0.2) is 46.4 Å². The van der Waals surface area contributed by atoms with Crippen molar-refractivity contribution in [2.45, 2.75) is 32.8 Å². The van der Waals surface area contributed by atoms with Gasteiger partial charge in [0.2, 0.25) is 0 Å². The fraction of sp³-hybridized carbons (Fsp3) is 0.500. The quantitative estimate of drug-likeness (QED) is 0.578. The predicted molar refractivity (Wildman–Crippen MR) is 114 cm³/mol. The molecule has 0 amide bonds. The minimum atomic E-state index is -0.588. The lowest BCUT2D eigenvalue weighted by Gasteiger charge is -2.43. The van der Waals surface area contributed by atoms with Crippen LogP contribution >= 0.6 is 0 Å². The normalized spacial score (nSPS) is 17.5. The first kappa shape index (κ1) is 22.6. The van der Waals surface area contributed by atoms with Gasteiger partial charge in [-0.05, 0) is 49.2 Å². The van der Waals surface area contributed by atoms with E-state index in [0.29, 0.717) is 39.6 Å². The molecule has 2 aromatic carbocycles. The van der Waals surface area contributed by atoms with Crippen molar-refractivity contribution in [3.8, 4) is 11.5 Å². The number of hydrogen-bond donors (Lipinski definition) is 0. The Balaban J connectivity index is 1.54. The van der Waals surface area contributed by atoms with E-state index in [4.69, 9.17) is 28.4 Å². The van der Waals surface area contributed by atoms with E-state index in [0.717, 1.165) is 22.6 Å². The Morgan fingerprint density at radius 3 is 1.47 bits per heavy atom. The molecule has 1 saturated heterocycles. The van der Waals surface area contributed by atoms with Gasteiger partial charge in [-0.25, -0.2) is 0 Å². The third-order valence-corrected chi connectivity index (χ3v) is 5.12. The zero-order valence-electron chi connectivity index (χ0n) is 18.3. The van der Waals surface area contributed by atoms with Crippen LogP contribution in [0.15, 0.2) is 48.5 Å². The molecule has 0 aliphatic carbocycles. The molecule has 30 heavy (non-hydrogen) atoms. The monoisotopic (exact) mass is 416 g/mol. The molecule has 164 valence electrons. The van der Waals surface area contributed by atoms with Crippen LogP contribution in [0.4, 0.5) is 0 Å². The van der Waals surface area contributed by atoms with Crippen molar-refractivity contribution in [1.82, 2.24) is 0 Å². The van der Waals surface area contributed by atoms with E-state index in [1.165, 1.54) is 0 Å². The lowest BCUT2D eigenvalue weighted by Crippen LogP contribution is -2.51. The smallest absolute Gasteiger partial charge is 0.162 e. The molecule has 1 heterocycles. The second-order valence-electron chi connectivity index (χ2n) is 8.16. The highest BCUT2D eigenvalue weighted by Crippen LogP contribution is 2.31. The zero-order chi connectivity index (χ0) is 21.5. The first-order valence-corrected chi connectivity index (χ1v) is 10.1. The molecule has 0 unspecified atom stereocenters. The van der Waals surface area contributed by atoms with Gasteiger partial charge < -0.3 is 28.4 Å². The highest BCUT2D eigenvalue weighted by molar-refractivity contribution is 5.27. The lowest BCUT2D eigenvalue weighted by molar-refractivity contribution is -0.299. The molecule has 0 radical (unpaired) electrons. The molecule has 1 aliphatic rings. The van der Waals surface area contributed by atoms with Gasteiger partial charge in [0.25, 0.3) is 0 Å². The number of hydrogen-bond acceptors (Lipinski definition) is 6. The fourth-order valence-electron chi connectivity index (χ4n) is 3.16. The zero-order valence-corrected chi connectivity index (χ0v) is 18.3. The van der Waals surface area contributed by atoms with Crippen LogP contribution in [-0.2, 0) is 32.2 Å². The van der Waals surface area contributed by atoms with E-state index in [2.05, 4.69) is 0 Å². The standard InChI is InChI=1S/C24H32O6/c1-23(2)29-17-24(18-30-23,15-27-13-19-5-9-21(25-3)10-6-19)16-28-14-20-7-11-22(26-4)12-8-20/h5-12H,13-18H2,1-4H3. The Kier molecular flexibility index (Phi) is 7.72. The minimum absolute atomic E-state index is 0.353. The Bertz CT molecular complexity index is 704. The summed E-state index contributed by atoms with van der Waals surface area (Å²) in [4.78, 5) is 0. The van der Waals surface area contributed by atoms with Gasteiger partial charge >= 0.3 is 0 Å². The predicted octanol–water partition coefficient (Wildman–Crippen LogP) is 4.21. The topological polar surface area (TPSA) is 55.4 Å². The molecule has 0 aromatic heterocycles. The Morgan fingerprint density at radius 1 is 0.700 bits per heavy atom. The van der Waals surface area contributed by atoms with Crippen LogP contribution < -0.4 is 9.47 Å². The van der Waals surface area contributed by atoms with Crippen molar-refractivity contribution < 1.29 is 28.4 Å². The average molecular weight is 417 g/mol. The van der Waals surface area contributed by atoms with Crippen molar-refractivity contribution in [2.24, 2.45) is 5.41 Å². The Morgan fingerprint density at radius 2 is 1.10 bits per heavy atom. The van der Waals surface area contributed by atoms with E-state index < -0.39 is 5.79 Å². The van der Waals surface area contributed by atoms with Crippen LogP contribution in [0.2, 0.25) is 0 Å². The van der Waals surface area contributed by atoms with Crippen molar-refractivity contribution in [1.29, 1.82) is 0 Å². The summed E-state index contributed by atoms with van der Waals surface area (Å²) < 4.78 is 34.3. The van der Waals surface area contributed by atoms with E-state index >= 15 is 0 Å². The molecule has 1 aliphatic heterocycles. The van der Waals surface area contributed by atoms with Gasteiger partial charge in [0.1, 0.15) is 11.5 Å². The summed E-state index contributed by atoms with van der Waals surface area (Å²) in [6, 6.07) is 15.7. The Hall–Kier alpha value is -2.12. The summed E-state index contributed by atoms with van der Waals surface area (Å²) >= 11 is 0. The Labute approximate surface area is 179 Å². The molecule has 2 aromatic rings. The molecular weight excluding hydrogens is 384 g/mol.